The van der Waals surface area contributed by atoms with Crippen molar-refractivity contribution in [3.05, 3.63) is 29.8 Å². The standard InChI is InChI=1S/C13H16O5S/c1-2-18-10-5-3-9(4-6-10)8-19-11(13(16)17)7-12(14)15/h3-6,11H,2,7-8H2,1H3,(H,14,15)(H,16,17)/t11-/m1/s1. The number of carboxylic acids is 2. The molecular weight excluding hydrogens is 268 g/mol. The highest BCUT2D eigenvalue weighted by molar-refractivity contribution is 7.99. The van der Waals surface area contributed by atoms with Gasteiger partial charge in [0, 0.05) is 5.75 Å². The highest BCUT2D eigenvalue weighted by Crippen LogP contribution is 2.22. The Hall–Kier alpha value is -1.69. The molecule has 1 atom stereocenters. The van der Waals surface area contributed by atoms with Crippen LogP contribution in [0.3, 0.4) is 0 Å². The fraction of sp³-hybridized carbons (Fsp3) is 0.385. The van der Waals surface area contributed by atoms with E-state index in [2.05, 4.69) is 0 Å². The molecule has 0 amide bonds. The molecule has 0 radical (unpaired) electrons. The first-order chi connectivity index (χ1) is 9.02. The average molecular weight is 284 g/mol. The zero-order valence-corrected chi connectivity index (χ0v) is 11.4. The summed E-state index contributed by atoms with van der Waals surface area (Å²) in [5, 5.41) is 16.6. The van der Waals surface area contributed by atoms with Crippen LogP contribution in [0.15, 0.2) is 24.3 Å². The second-order valence-corrected chi connectivity index (χ2v) is 5.00. The van der Waals surface area contributed by atoms with Gasteiger partial charge in [0.25, 0.3) is 0 Å². The first-order valence-corrected chi connectivity index (χ1v) is 6.85. The SMILES string of the molecule is CCOc1ccc(CS[C@H](CC(=O)O)C(=O)O)cc1. The Labute approximate surface area is 115 Å². The number of thioether (sulfide) groups is 1. The van der Waals surface area contributed by atoms with Crippen molar-refractivity contribution >= 4 is 23.7 Å². The number of carbonyl (C=O) groups is 2. The smallest absolute Gasteiger partial charge is 0.317 e. The van der Waals surface area contributed by atoms with Crippen LogP contribution in [0.4, 0.5) is 0 Å². The van der Waals surface area contributed by atoms with Gasteiger partial charge in [-0.05, 0) is 24.6 Å². The zero-order valence-electron chi connectivity index (χ0n) is 10.5. The van der Waals surface area contributed by atoms with Crippen molar-refractivity contribution < 1.29 is 24.5 Å². The molecule has 104 valence electrons. The maximum absolute atomic E-state index is 10.9. The molecule has 2 N–H and O–H groups in total. The first kappa shape index (κ1) is 15.4. The molecule has 0 saturated heterocycles. The van der Waals surface area contributed by atoms with Crippen molar-refractivity contribution in [3.8, 4) is 5.75 Å². The van der Waals surface area contributed by atoms with Crippen LogP contribution >= 0.6 is 11.8 Å². The maximum atomic E-state index is 10.9. The summed E-state index contributed by atoms with van der Waals surface area (Å²) in [4.78, 5) is 21.4. The van der Waals surface area contributed by atoms with Crippen LogP contribution in [0.5, 0.6) is 5.75 Å². The molecule has 19 heavy (non-hydrogen) atoms. The van der Waals surface area contributed by atoms with E-state index in [4.69, 9.17) is 14.9 Å². The van der Waals surface area contributed by atoms with Gasteiger partial charge in [-0.2, -0.15) is 0 Å². The lowest BCUT2D eigenvalue weighted by molar-refractivity contribution is -0.142. The quantitative estimate of drug-likeness (QED) is 0.761. The molecule has 0 unspecified atom stereocenters. The minimum atomic E-state index is -1.11. The topological polar surface area (TPSA) is 83.8 Å². The fourth-order valence-corrected chi connectivity index (χ4v) is 2.41. The number of benzene rings is 1. The van der Waals surface area contributed by atoms with Gasteiger partial charge >= 0.3 is 11.9 Å². The molecule has 0 aliphatic carbocycles. The van der Waals surface area contributed by atoms with Crippen LogP contribution in [-0.2, 0) is 15.3 Å². The van der Waals surface area contributed by atoms with Crippen molar-refractivity contribution in [3.63, 3.8) is 0 Å². The van der Waals surface area contributed by atoms with Gasteiger partial charge < -0.3 is 14.9 Å². The minimum Gasteiger partial charge on any atom is -0.494 e. The van der Waals surface area contributed by atoms with E-state index in [0.717, 1.165) is 23.1 Å². The van der Waals surface area contributed by atoms with Crippen molar-refractivity contribution in [1.29, 1.82) is 0 Å². The lowest BCUT2D eigenvalue weighted by Crippen LogP contribution is -2.20. The Morgan fingerprint density at radius 1 is 1.26 bits per heavy atom. The Morgan fingerprint density at radius 3 is 2.37 bits per heavy atom. The van der Waals surface area contributed by atoms with Crippen molar-refractivity contribution in [2.75, 3.05) is 6.61 Å². The fourth-order valence-electron chi connectivity index (χ4n) is 1.42. The van der Waals surface area contributed by atoms with Gasteiger partial charge in [0.15, 0.2) is 0 Å². The molecule has 0 saturated carbocycles. The molecule has 1 rings (SSSR count). The number of hydrogen-bond donors (Lipinski definition) is 2. The van der Waals surface area contributed by atoms with E-state index in [1.807, 2.05) is 31.2 Å². The Morgan fingerprint density at radius 2 is 1.89 bits per heavy atom. The van der Waals surface area contributed by atoms with E-state index in [1.165, 1.54) is 0 Å². The maximum Gasteiger partial charge on any atom is 0.317 e. The van der Waals surface area contributed by atoms with Gasteiger partial charge in [-0.3, -0.25) is 9.59 Å². The van der Waals surface area contributed by atoms with Crippen LogP contribution in [0.1, 0.15) is 18.9 Å². The molecule has 1 aromatic carbocycles. The molecule has 0 aliphatic rings. The van der Waals surface area contributed by atoms with Crippen molar-refractivity contribution in [2.45, 2.75) is 24.3 Å². The summed E-state index contributed by atoms with van der Waals surface area (Å²) < 4.78 is 5.30. The monoisotopic (exact) mass is 284 g/mol. The zero-order chi connectivity index (χ0) is 14.3. The second kappa shape index (κ2) is 7.68. The first-order valence-electron chi connectivity index (χ1n) is 5.81. The van der Waals surface area contributed by atoms with Crippen LogP contribution in [-0.4, -0.2) is 34.0 Å². The van der Waals surface area contributed by atoms with Gasteiger partial charge in [0.05, 0.1) is 13.0 Å². The van der Waals surface area contributed by atoms with Crippen LogP contribution in [0, 0.1) is 0 Å². The molecule has 0 aliphatic heterocycles. The minimum absolute atomic E-state index is 0.378. The number of aliphatic carboxylic acids is 2. The van der Waals surface area contributed by atoms with E-state index in [1.54, 1.807) is 0 Å². The molecular formula is C13H16O5S. The summed E-state index contributed by atoms with van der Waals surface area (Å²) in [6, 6.07) is 7.31. The summed E-state index contributed by atoms with van der Waals surface area (Å²) in [5.41, 5.74) is 0.935. The molecule has 6 heteroatoms. The predicted octanol–water partition coefficient (Wildman–Crippen LogP) is 2.25. The number of hydrogen-bond acceptors (Lipinski definition) is 4. The second-order valence-electron chi connectivity index (χ2n) is 3.81. The number of rotatable bonds is 8. The van der Waals surface area contributed by atoms with E-state index < -0.39 is 17.2 Å². The Kier molecular flexibility index (Phi) is 6.21. The lowest BCUT2D eigenvalue weighted by atomic mass is 10.2. The van der Waals surface area contributed by atoms with Gasteiger partial charge in [-0.15, -0.1) is 11.8 Å². The molecule has 0 aromatic heterocycles. The summed E-state index contributed by atoms with van der Waals surface area (Å²) in [6.45, 7) is 2.49. The van der Waals surface area contributed by atoms with Crippen molar-refractivity contribution in [1.82, 2.24) is 0 Å². The van der Waals surface area contributed by atoms with Gasteiger partial charge in [0.1, 0.15) is 11.0 Å². The van der Waals surface area contributed by atoms with Crippen LogP contribution in [0.25, 0.3) is 0 Å². The van der Waals surface area contributed by atoms with Crippen LogP contribution in [0.2, 0.25) is 0 Å². The largest absolute Gasteiger partial charge is 0.494 e. The third-order valence-corrected chi connectivity index (χ3v) is 3.59. The Balaban J connectivity index is 2.54. The lowest BCUT2D eigenvalue weighted by Gasteiger charge is -2.10. The van der Waals surface area contributed by atoms with Gasteiger partial charge in [-0.25, -0.2) is 0 Å². The average Bonchev–Trinajstić information content (AvgIpc) is 2.36. The normalized spacial score (nSPS) is 11.8. The third kappa shape index (κ3) is 5.65. The molecule has 0 fully saturated rings. The summed E-state index contributed by atoms with van der Waals surface area (Å²) >= 11 is 1.11. The van der Waals surface area contributed by atoms with E-state index in [0.29, 0.717) is 12.4 Å². The third-order valence-electron chi connectivity index (χ3n) is 2.32. The predicted molar refractivity (Wildman–Crippen MR) is 72.6 cm³/mol. The van der Waals surface area contributed by atoms with Gasteiger partial charge in [-0.1, -0.05) is 12.1 Å². The highest BCUT2D eigenvalue weighted by Gasteiger charge is 2.21. The summed E-state index contributed by atoms with van der Waals surface area (Å²) in [5.74, 6) is -0.988. The highest BCUT2D eigenvalue weighted by atomic mass is 32.2. The molecule has 0 heterocycles. The van der Waals surface area contributed by atoms with Crippen molar-refractivity contribution in [2.24, 2.45) is 0 Å². The number of carboxylic acid groups (broad SMARTS) is 2. The summed E-state index contributed by atoms with van der Waals surface area (Å²) in [7, 11) is 0. The van der Waals surface area contributed by atoms with Gasteiger partial charge in [0.2, 0.25) is 0 Å². The van der Waals surface area contributed by atoms with E-state index in [-0.39, 0.29) is 6.42 Å². The van der Waals surface area contributed by atoms with E-state index in [9.17, 15) is 9.59 Å². The Bertz CT molecular complexity index is 429. The molecule has 0 spiro atoms. The molecule has 5 nitrogen and oxygen atoms in total. The molecule has 1 aromatic rings. The van der Waals surface area contributed by atoms with E-state index >= 15 is 0 Å². The van der Waals surface area contributed by atoms with Crippen LogP contribution < -0.4 is 4.74 Å². The number of ether oxygens (including phenoxy) is 1. The summed E-state index contributed by atoms with van der Waals surface area (Å²) in [6.07, 6.45) is -0.378. The molecule has 0 bridgehead atoms.